The average Bonchev–Trinajstić information content (AvgIpc) is 3.38. The number of rotatable bonds is 6. The Hall–Kier alpha value is -3.19. The summed E-state index contributed by atoms with van der Waals surface area (Å²) in [5.74, 6) is 0.316. The minimum absolute atomic E-state index is 0.112. The van der Waals surface area contributed by atoms with E-state index in [9.17, 15) is 9.18 Å². The molecule has 0 N–H and O–H groups in total. The summed E-state index contributed by atoms with van der Waals surface area (Å²) < 4.78 is 25.3. The van der Waals surface area contributed by atoms with Crippen LogP contribution in [-0.4, -0.2) is 20.7 Å². The highest BCUT2D eigenvalue weighted by Gasteiger charge is 2.16. The Bertz CT molecular complexity index is 1090. The van der Waals surface area contributed by atoms with Gasteiger partial charge < -0.3 is 8.94 Å². The third-order valence-electron chi connectivity index (χ3n) is 3.95. The van der Waals surface area contributed by atoms with Crippen LogP contribution in [0.5, 0.6) is 0 Å². The van der Waals surface area contributed by atoms with E-state index in [0.29, 0.717) is 34.2 Å². The fourth-order valence-electron chi connectivity index (χ4n) is 2.64. The number of carbonyl (C=O) groups is 1. The number of Topliss-reactive ketones (excluding diaryl/α,β-unsaturated/α-hetero) is 1. The minimum atomic E-state index is -0.365. The Kier molecular flexibility index (Phi) is 4.60. The zero-order valence-corrected chi connectivity index (χ0v) is 14.7. The first-order valence-electron chi connectivity index (χ1n) is 8.07. The molecule has 0 bridgehead atoms. The quantitative estimate of drug-likeness (QED) is 0.460. The van der Waals surface area contributed by atoms with Gasteiger partial charge in [0.15, 0.2) is 17.2 Å². The molecule has 3 aromatic heterocycles. The summed E-state index contributed by atoms with van der Waals surface area (Å²) in [5.41, 5.74) is 1.52. The predicted molar refractivity (Wildman–Crippen MR) is 95.0 cm³/mol. The first-order chi connectivity index (χ1) is 13.1. The maximum absolute atomic E-state index is 13.4. The van der Waals surface area contributed by atoms with Crippen molar-refractivity contribution in [1.29, 1.82) is 0 Å². The number of carbonyl (C=O) groups excluding carboxylic acids is 1. The van der Waals surface area contributed by atoms with E-state index in [1.807, 2.05) is 0 Å². The van der Waals surface area contributed by atoms with Crippen LogP contribution < -0.4 is 0 Å². The number of aromatic nitrogens is 3. The normalized spacial score (nSPS) is 11.0. The van der Waals surface area contributed by atoms with E-state index in [0.717, 1.165) is 0 Å². The van der Waals surface area contributed by atoms with Gasteiger partial charge in [0.25, 0.3) is 0 Å². The van der Waals surface area contributed by atoms with Crippen LogP contribution in [0.4, 0.5) is 4.39 Å². The number of benzene rings is 1. The van der Waals surface area contributed by atoms with Gasteiger partial charge in [-0.2, -0.15) is 5.10 Å². The zero-order valence-electron chi connectivity index (χ0n) is 13.9. The highest BCUT2D eigenvalue weighted by molar-refractivity contribution is 6.31. The van der Waals surface area contributed by atoms with Gasteiger partial charge >= 0.3 is 0 Å². The summed E-state index contributed by atoms with van der Waals surface area (Å²) >= 11 is 6.07. The van der Waals surface area contributed by atoms with Crippen molar-refractivity contribution in [2.75, 3.05) is 0 Å². The van der Waals surface area contributed by atoms with Crippen LogP contribution in [0, 0.1) is 5.82 Å². The molecule has 0 aliphatic carbocycles. The van der Waals surface area contributed by atoms with Crippen molar-refractivity contribution in [3.8, 4) is 11.5 Å². The molecule has 0 atom stereocenters. The summed E-state index contributed by atoms with van der Waals surface area (Å²) in [5, 5.41) is 8.45. The molecule has 0 unspecified atom stereocenters. The van der Waals surface area contributed by atoms with Gasteiger partial charge in [-0.25, -0.2) is 4.39 Å². The van der Waals surface area contributed by atoms with Crippen LogP contribution in [0.25, 0.3) is 11.5 Å². The van der Waals surface area contributed by atoms with Crippen molar-refractivity contribution >= 4 is 17.4 Å². The lowest BCUT2D eigenvalue weighted by Gasteiger charge is -2.04. The van der Waals surface area contributed by atoms with Gasteiger partial charge in [-0.3, -0.25) is 9.48 Å². The molecule has 0 fully saturated rings. The van der Waals surface area contributed by atoms with Crippen LogP contribution in [0.2, 0.25) is 5.02 Å². The fraction of sp³-hybridized carbons (Fsp3) is 0.105. The molecule has 0 amide bonds. The van der Waals surface area contributed by atoms with Crippen LogP contribution in [-0.2, 0) is 13.0 Å². The predicted octanol–water partition coefficient (Wildman–Crippen LogP) is 4.40. The molecule has 27 heavy (non-hydrogen) atoms. The molecule has 1 aromatic carbocycles. The molecule has 4 rings (SSSR count). The van der Waals surface area contributed by atoms with E-state index >= 15 is 0 Å². The first kappa shape index (κ1) is 17.2. The lowest BCUT2D eigenvalue weighted by Crippen LogP contribution is -2.04. The monoisotopic (exact) mass is 385 g/mol. The number of nitrogens with zero attached hydrogens (tertiary/aromatic N) is 3. The van der Waals surface area contributed by atoms with Gasteiger partial charge in [-0.1, -0.05) is 16.8 Å². The Labute approximate surface area is 158 Å². The molecular weight excluding hydrogens is 373 g/mol. The number of ketones is 1. The van der Waals surface area contributed by atoms with Crippen LogP contribution >= 0.6 is 11.6 Å². The Morgan fingerprint density at radius 1 is 1.22 bits per heavy atom. The van der Waals surface area contributed by atoms with Crippen LogP contribution in [0.3, 0.4) is 0 Å². The summed E-state index contributed by atoms with van der Waals surface area (Å²) in [6.45, 7) is 0.303. The van der Waals surface area contributed by atoms with Crippen molar-refractivity contribution in [3.63, 3.8) is 0 Å². The minimum Gasteiger partial charge on any atom is -0.461 e. The smallest absolute Gasteiger partial charge is 0.202 e. The molecule has 4 aromatic rings. The van der Waals surface area contributed by atoms with E-state index in [-0.39, 0.29) is 23.7 Å². The molecule has 8 heteroatoms. The average molecular weight is 386 g/mol. The molecule has 0 aliphatic rings. The number of halogens is 2. The molecule has 6 nitrogen and oxygen atoms in total. The number of hydrogen-bond acceptors (Lipinski definition) is 5. The standard InChI is InChI=1S/C19H13ClFN3O3/c20-15-4-3-14(21)7-13(15)11-24-10-12(9-22-24)6-17(25)16-8-19(27-23-16)18-2-1-5-26-18/h1-5,7-10H,6,11H2. The van der Waals surface area contributed by atoms with E-state index in [4.69, 9.17) is 20.5 Å². The molecule has 0 radical (unpaired) electrons. The van der Waals surface area contributed by atoms with Gasteiger partial charge in [0.05, 0.1) is 19.0 Å². The summed E-state index contributed by atoms with van der Waals surface area (Å²) in [6.07, 6.45) is 4.92. The second-order valence-corrected chi connectivity index (χ2v) is 6.34. The van der Waals surface area contributed by atoms with Crippen molar-refractivity contribution in [1.82, 2.24) is 14.9 Å². The van der Waals surface area contributed by atoms with E-state index in [1.165, 1.54) is 30.5 Å². The van der Waals surface area contributed by atoms with E-state index < -0.39 is 0 Å². The Morgan fingerprint density at radius 3 is 2.93 bits per heavy atom. The van der Waals surface area contributed by atoms with Crippen LogP contribution in [0.15, 0.2) is 64.0 Å². The van der Waals surface area contributed by atoms with Gasteiger partial charge in [-0.05, 0) is 41.5 Å². The second-order valence-electron chi connectivity index (χ2n) is 5.94. The van der Waals surface area contributed by atoms with Crippen molar-refractivity contribution in [2.45, 2.75) is 13.0 Å². The molecule has 0 spiro atoms. The van der Waals surface area contributed by atoms with Crippen LogP contribution in [0.1, 0.15) is 21.6 Å². The zero-order chi connectivity index (χ0) is 18.8. The number of hydrogen-bond donors (Lipinski definition) is 0. The van der Waals surface area contributed by atoms with Gasteiger partial charge in [0.2, 0.25) is 5.76 Å². The van der Waals surface area contributed by atoms with Crippen molar-refractivity contribution in [2.24, 2.45) is 0 Å². The van der Waals surface area contributed by atoms with Gasteiger partial charge in [0, 0.05) is 23.7 Å². The fourth-order valence-corrected chi connectivity index (χ4v) is 2.82. The summed E-state index contributed by atoms with van der Waals surface area (Å²) in [6, 6.07) is 9.14. The lowest BCUT2D eigenvalue weighted by atomic mass is 10.1. The maximum Gasteiger partial charge on any atom is 0.202 e. The summed E-state index contributed by atoms with van der Waals surface area (Å²) in [7, 11) is 0. The highest BCUT2D eigenvalue weighted by Crippen LogP contribution is 2.21. The SMILES string of the molecule is O=C(Cc1cnn(Cc2cc(F)ccc2Cl)c1)c1cc(-c2ccco2)on1. The van der Waals surface area contributed by atoms with Gasteiger partial charge in [0.1, 0.15) is 5.82 Å². The first-order valence-corrected chi connectivity index (χ1v) is 8.45. The van der Waals surface area contributed by atoms with Crippen molar-refractivity contribution in [3.05, 3.63) is 82.7 Å². The Balaban J connectivity index is 1.44. The second kappa shape index (κ2) is 7.20. The molecule has 3 heterocycles. The Morgan fingerprint density at radius 2 is 2.11 bits per heavy atom. The topological polar surface area (TPSA) is 74.1 Å². The van der Waals surface area contributed by atoms with E-state index in [1.54, 1.807) is 29.2 Å². The van der Waals surface area contributed by atoms with E-state index in [2.05, 4.69) is 10.3 Å². The molecule has 136 valence electrons. The largest absolute Gasteiger partial charge is 0.461 e. The third-order valence-corrected chi connectivity index (χ3v) is 4.32. The van der Waals surface area contributed by atoms with Gasteiger partial charge in [-0.15, -0.1) is 0 Å². The molecule has 0 saturated carbocycles. The molecule has 0 aliphatic heterocycles. The van der Waals surface area contributed by atoms with Crippen molar-refractivity contribution < 1.29 is 18.1 Å². The summed E-state index contributed by atoms with van der Waals surface area (Å²) in [4.78, 5) is 12.4. The maximum atomic E-state index is 13.4. The number of furan rings is 1. The third kappa shape index (κ3) is 3.83. The highest BCUT2D eigenvalue weighted by atomic mass is 35.5. The lowest BCUT2D eigenvalue weighted by molar-refractivity contribution is 0.0984. The molecular formula is C19H13ClFN3O3. The molecule has 0 saturated heterocycles.